The van der Waals surface area contributed by atoms with Crippen LogP contribution in [0.3, 0.4) is 0 Å². The van der Waals surface area contributed by atoms with Gasteiger partial charge in [0.15, 0.2) is 11.5 Å². The summed E-state index contributed by atoms with van der Waals surface area (Å²) in [6.45, 7) is 21.9. The van der Waals surface area contributed by atoms with Gasteiger partial charge in [-0.15, -0.1) is 0 Å². The van der Waals surface area contributed by atoms with Crippen molar-refractivity contribution in [1.29, 1.82) is 0 Å². The highest BCUT2D eigenvalue weighted by atomic mass is 16.5. The topological polar surface area (TPSA) is 58.9 Å². The van der Waals surface area contributed by atoms with Crippen LogP contribution in [0.1, 0.15) is 176 Å². The molecule has 0 amide bonds. The number of ether oxygens (including phenoxy) is 2. The summed E-state index contributed by atoms with van der Waals surface area (Å²) in [5.41, 5.74) is 13.0. The van der Waals surface area contributed by atoms with E-state index in [0.717, 1.165) is 83.5 Å². The first-order chi connectivity index (χ1) is 27.2. The van der Waals surface area contributed by atoms with Crippen LogP contribution in [-0.2, 0) is 6.42 Å². The first kappa shape index (κ1) is 51.1. The Labute approximate surface area is 350 Å². The molecule has 1 aromatic rings. The molecule has 1 aromatic carbocycles. The van der Waals surface area contributed by atoms with E-state index in [4.69, 9.17) is 9.47 Å². The van der Waals surface area contributed by atoms with Crippen LogP contribution in [0.2, 0.25) is 0 Å². The fourth-order valence-corrected chi connectivity index (χ4v) is 6.87. The summed E-state index contributed by atoms with van der Waals surface area (Å²) in [6, 6.07) is 0. The van der Waals surface area contributed by atoms with Gasteiger partial charge in [0, 0.05) is 11.1 Å². The summed E-state index contributed by atoms with van der Waals surface area (Å²) >= 11 is 0. The molecule has 2 N–H and O–H groups in total. The molecule has 0 saturated heterocycles. The second-order valence-corrected chi connectivity index (χ2v) is 16.4. The lowest BCUT2D eigenvalue weighted by Crippen LogP contribution is -1.98. The van der Waals surface area contributed by atoms with Crippen LogP contribution in [0.4, 0.5) is 0 Å². The fourth-order valence-electron chi connectivity index (χ4n) is 6.87. The first-order valence-electron chi connectivity index (χ1n) is 21.7. The SMILES string of the molecule is C/C=C\CC/C(C)=C/CC/C(C)=C/CC/C(C)=C/CC/C(C)=C/CC/C(C)=C/CC/C(C)=C/CC/C(C)=C/CC/C(C)=C/Cc1c(C)c(O)c(OC)c(OC)c1O. The number of hydrogen-bond acceptors (Lipinski definition) is 4. The van der Waals surface area contributed by atoms with E-state index in [1.807, 2.05) is 0 Å². The number of hydrogen-bond donors (Lipinski definition) is 2. The molecular weight excluding hydrogens is 701 g/mol. The Bertz CT molecular complexity index is 1630. The van der Waals surface area contributed by atoms with E-state index in [-0.39, 0.29) is 23.0 Å². The van der Waals surface area contributed by atoms with Crippen molar-refractivity contribution in [3.63, 3.8) is 0 Å². The Morgan fingerprint density at radius 3 is 0.965 bits per heavy atom. The minimum atomic E-state index is 0.00645. The third-order valence-corrected chi connectivity index (χ3v) is 11.0. The second kappa shape index (κ2) is 30.2. The summed E-state index contributed by atoms with van der Waals surface area (Å²) in [5.74, 6) is 0.356. The molecule has 0 heterocycles. The van der Waals surface area contributed by atoms with Crippen molar-refractivity contribution >= 4 is 0 Å². The van der Waals surface area contributed by atoms with Crippen molar-refractivity contribution in [3.05, 3.63) is 116 Å². The molecule has 0 aliphatic carbocycles. The van der Waals surface area contributed by atoms with E-state index >= 15 is 0 Å². The number of phenols is 2. The molecule has 0 unspecified atom stereocenters. The van der Waals surface area contributed by atoms with E-state index in [9.17, 15) is 10.2 Å². The predicted molar refractivity (Wildman–Crippen MR) is 250 cm³/mol. The molecule has 0 spiro atoms. The third-order valence-electron chi connectivity index (χ3n) is 11.0. The largest absolute Gasteiger partial charge is 0.504 e. The normalized spacial score (nSPS) is 14.3. The van der Waals surface area contributed by atoms with Crippen LogP contribution >= 0.6 is 0 Å². The zero-order valence-corrected chi connectivity index (χ0v) is 38.5. The molecule has 0 saturated carbocycles. The van der Waals surface area contributed by atoms with Crippen LogP contribution < -0.4 is 9.47 Å². The Morgan fingerprint density at radius 2 is 0.684 bits per heavy atom. The van der Waals surface area contributed by atoms with Gasteiger partial charge in [0.25, 0.3) is 0 Å². The van der Waals surface area contributed by atoms with E-state index in [1.165, 1.54) is 78.1 Å². The number of rotatable bonds is 28. The van der Waals surface area contributed by atoms with E-state index in [2.05, 4.69) is 123 Å². The van der Waals surface area contributed by atoms with E-state index in [1.54, 1.807) is 6.92 Å². The monoisotopic (exact) mass is 783 g/mol. The van der Waals surface area contributed by atoms with Crippen molar-refractivity contribution in [2.24, 2.45) is 0 Å². The van der Waals surface area contributed by atoms with Crippen molar-refractivity contribution in [2.45, 2.75) is 178 Å². The van der Waals surface area contributed by atoms with Gasteiger partial charge >= 0.3 is 0 Å². The van der Waals surface area contributed by atoms with Gasteiger partial charge in [-0.3, -0.25) is 0 Å². The highest BCUT2D eigenvalue weighted by Crippen LogP contribution is 2.48. The van der Waals surface area contributed by atoms with Crippen LogP contribution in [0, 0.1) is 6.92 Å². The lowest BCUT2D eigenvalue weighted by Gasteiger charge is -2.17. The average molecular weight is 783 g/mol. The van der Waals surface area contributed by atoms with Gasteiger partial charge < -0.3 is 19.7 Å². The molecule has 0 radical (unpaired) electrons. The number of allylic oxidation sites excluding steroid dienone is 18. The number of aromatic hydroxyl groups is 2. The summed E-state index contributed by atoms with van der Waals surface area (Å²) in [7, 11) is 2.91. The predicted octanol–water partition coefficient (Wildman–Crippen LogP) is 16.4. The summed E-state index contributed by atoms with van der Waals surface area (Å²) < 4.78 is 10.5. The van der Waals surface area contributed by atoms with Crippen LogP contribution in [0.5, 0.6) is 23.0 Å². The fraction of sp³-hybridized carbons (Fsp3) is 0.547. The molecular formula is C53H82O4. The molecule has 0 aliphatic rings. The Kier molecular flexibility index (Phi) is 27.1. The lowest BCUT2D eigenvalue weighted by molar-refractivity contribution is 0.314. The van der Waals surface area contributed by atoms with E-state index < -0.39 is 0 Å². The Hall–Kier alpha value is -3.92. The van der Waals surface area contributed by atoms with Gasteiger partial charge in [0.05, 0.1) is 14.2 Å². The molecule has 0 atom stereocenters. The molecule has 57 heavy (non-hydrogen) atoms. The first-order valence-corrected chi connectivity index (χ1v) is 21.7. The molecule has 318 valence electrons. The van der Waals surface area contributed by atoms with Crippen molar-refractivity contribution in [3.8, 4) is 23.0 Å². The number of phenolic OH excluding ortho intramolecular Hbond substituents is 2. The molecule has 4 heteroatoms. The molecule has 0 bridgehead atoms. The molecule has 0 aromatic heterocycles. The smallest absolute Gasteiger partial charge is 0.207 e. The summed E-state index contributed by atoms with van der Waals surface area (Å²) in [4.78, 5) is 0. The maximum Gasteiger partial charge on any atom is 0.207 e. The van der Waals surface area contributed by atoms with Crippen molar-refractivity contribution < 1.29 is 19.7 Å². The van der Waals surface area contributed by atoms with Crippen molar-refractivity contribution in [1.82, 2.24) is 0 Å². The maximum absolute atomic E-state index is 10.7. The highest BCUT2D eigenvalue weighted by Gasteiger charge is 2.22. The molecule has 0 aliphatic heterocycles. The number of benzene rings is 1. The van der Waals surface area contributed by atoms with Gasteiger partial charge in [-0.1, -0.05) is 105 Å². The standard InChI is InChI=1S/C53H82O4/c1-13-14-15-23-40(2)24-16-25-41(3)26-17-27-42(4)28-18-29-43(5)30-19-31-44(6)32-20-33-45(7)34-21-35-46(8)36-22-37-47(9)38-39-49-48(10)50(54)52(56-11)53(57-12)51(49)55/h13-14,24,26,28,30,32,34,36,38,54-55H,15-23,25,27,29,31,33,35,37,39H2,1-12H3/b14-13-,40-24+,41-26+,42-28+,43-30+,44-32+,45-34+,46-36+,47-38+. The van der Waals surface area contributed by atoms with Crippen LogP contribution in [-0.4, -0.2) is 24.4 Å². The molecule has 0 fully saturated rings. The third kappa shape index (κ3) is 22.6. The van der Waals surface area contributed by atoms with Gasteiger partial charge in [-0.05, 0) is 178 Å². The van der Waals surface area contributed by atoms with E-state index in [0.29, 0.717) is 17.5 Å². The Morgan fingerprint density at radius 1 is 0.421 bits per heavy atom. The molecule has 1 rings (SSSR count). The second-order valence-electron chi connectivity index (χ2n) is 16.4. The van der Waals surface area contributed by atoms with Gasteiger partial charge in [0.1, 0.15) is 0 Å². The minimum Gasteiger partial charge on any atom is -0.504 e. The van der Waals surface area contributed by atoms with Gasteiger partial charge in [0.2, 0.25) is 11.5 Å². The average Bonchev–Trinajstić information content (AvgIpc) is 3.16. The highest BCUT2D eigenvalue weighted by molar-refractivity contribution is 5.66. The minimum absolute atomic E-state index is 0.00645. The van der Waals surface area contributed by atoms with Gasteiger partial charge in [-0.2, -0.15) is 0 Å². The van der Waals surface area contributed by atoms with Crippen LogP contribution in [0.15, 0.2) is 105 Å². The zero-order chi connectivity index (χ0) is 42.6. The van der Waals surface area contributed by atoms with Gasteiger partial charge in [-0.25, -0.2) is 0 Å². The van der Waals surface area contributed by atoms with Crippen LogP contribution in [0.25, 0.3) is 0 Å². The summed E-state index contributed by atoms with van der Waals surface area (Å²) in [6.07, 6.45) is 41.9. The maximum atomic E-state index is 10.7. The molecule has 4 nitrogen and oxygen atoms in total. The zero-order valence-electron chi connectivity index (χ0n) is 38.5. The summed E-state index contributed by atoms with van der Waals surface area (Å²) in [5, 5.41) is 21.3. The lowest BCUT2D eigenvalue weighted by atomic mass is 9.99. The number of methoxy groups -OCH3 is 2. The quantitative estimate of drug-likeness (QED) is 0.0656. The Balaban J connectivity index is 2.34. The van der Waals surface area contributed by atoms with Crippen molar-refractivity contribution in [2.75, 3.05) is 14.2 Å².